The molecular weight excluding hydrogens is 207 g/mol. The molecule has 2 nitrogen and oxygen atoms in total. The van der Waals surface area contributed by atoms with Crippen LogP contribution in [-0.4, -0.2) is 18.3 Å². The van der Waals surface area contributed by atoms with Gasteiger partial charge < -0.3 is 9.84 Å². The van der Waals surface area contributed by atoms with Crippen LogP contribution in [0.4, 0.5) is 4.39 Å². The quantitative estimate of drug-likeness (QED) is 0.774. The van der Waals surface area contributed by atoms with Gasteiger partial charge in [-0.2, -0.15) is 0 Å². The van der Waals surface area contributed by atoms with Crippen molar-refractivity contribution in [1.29, 1.82) is 0 Å². The zero-order valence-electron chi connectivity index (χ0n) is 9.66. The third-order valence-electron chi connectivity index (χ3n) is 2.65. The first-order chi connectivity index (χ1) is 7.76. The van der Waals surface area contributed by atoms with Crippen LogP contribution < -0.4 is 4.74 Å². The topological polar surface area (TPSA) is 29.5 Å². The van der Waals surface area contributed by atoms with E-state index in [0.717, 1.165) is 19.3 Å². The summed E-state index contributed by atoms with van der Waals surface area (Å²) in [5.74, 6) is 0.903. The van der Waals surface area contributed by atoms with Crippen molar-refractivity contribution in [2.45, 2.75) is 26.2 Å². The van der Waals surface area contributed by atoms with Crippen LogP contribution in [0, 0.1) is 11.7 Å². The first-order valence-electron chi connectivity index (χ1n) is 5.75. The Hall–Kier alpha value is -1.09. The van der Waals surface area contributed by atoms with Gasteiger partial charge in [0, 0.05) is 6.61 Å². The smallest absolute Gasteiger partial charge is 0.123 e. The maximum Gasteiger partial charge on any atom is 0.123 e. The predicted octanol–water partition coefficient (Wildman–Crippen LogP) is 3.00. The van der Waals surface area contributed by atoms with E-state index in [-0.39, 0.29) is 12.4 Å². The number of halogens is 1. The number of ether oxygens (including phenoxy) is 1. The summed E-state index contributed by atoms with van der Waals surface area (Å²) in [5, 5.41) is 8.74. The number of benzene rings is 1. The molecule has 1 N–H and O–H groups in total. The molecule has 0 aliphatic heterocycles. The lowest BCUT2D eigenvalue weighted by Gasteiger charge is -2.15. The van der Waals surface area contributed by atoms with Crippen molar-refractivity contribution in [3.8, 4) is 5.75 Å². The molecule has 3 heteroatoms. The van der Waals surface area contributed by atoms with E-state index in [1.807, 2.05) is 0 Å². The standard InChI is InChI=1S/C13H19FO2/c1-2-11(4-3-9-15)10-16-13-7-5-12(14)6-8-13/h5-8,11,15H,2-4,9-10H2,1H3. The summed E-state index contributed by atoms with van der Waals surface area (Å²) in [6.45, 7) is 2.96. The summed E-state index contributed by atoms with van der Waals surface area (Å²) in [6.07, 6.45) is 2.81. The molecule has 0 aliphatic carbocycles. The minimum atomic E-state index is -0.250. The molecule has 1 atom stereocenters. The molecule has 0 amide bonds. The van der Waals surface area contributed by atoms with Gasteiger partial charge in [0.15, 0.2) is 0 Å². The summed E-state index contributed by atoms with van der Waals surface area (Å²) in [6, 6.07) is 6.05. The van der Waals surface area contributed by atoms with Crippen LogP contribution in [0.3, 0.4) is 0 Å². The van der Waals surface area contributed by atoms with Crippen LogP contribution in [0.15, 0.2) is 24.3 Å². The fourth-order valence-electron chi connectivity index (χ4n) is 1.53. The Morgan fingerprint density at radius 3 is 2.56 bits per heavy atom. The molecule has 1 aromatic carbocycles. The first-order valence-corrected chi connectivity index (χ1v) is 5.75. The number of hydrogen-bond acceptors (Lipinski definition) is 2. The average molecular weight is 226 g/mol. The number of rotatable bonds is 7. The van der Waals surface area contributed by atoms with Crippen LogP contribution in [0.5, 0.6) is 5.75 Å². The van der Waals surface area contributed by atoms with Crippen LogP contribution in [0.25, 0.3) is 0 Å². The molecule has 1 unspecified atom stereocenters. The lowest BCUT2D eigenvalue weighted by Crippen LogP contribution is -2.11. The Morgan fingerprint density at radius 2 is 2.00 bits per heavy atom. The zero-order chi connectivity index (χ0) is 11.8. The molecule has 1 aromatic rings. The van der Waals surface area contributed by atoms with Crippen LogP contribution in [0.1, 0.15) is 26.2 Å². The van der Waals surface area contributed by atoms with Crippen LogP contribution in [-0.2, 0) is 0 Å². The van der Waals surface area contributed by atoms with E-state index in [2.05, 4.69) is 6.92 Å². The highest BCUT2D eigenvalue weighted by Crippen LogP contribution is 2.16. The lowest BCUT2D eigenvalue weighted by molar-refractivity contribution is 0.214. The lowest BCUT2D eigenvalue weighted by atomic mass is 10.0. The minimum Gasteiger partial charge on any atom is -0.493 e. The molecule has 0 heterocycles. The van der Waals surface area contributed by atoms with Gasteiger partial charge in [0.05, 0.1) is 6.61 Å². The average Bonchev–Trinajstić information content (AvgIpc) is 2.32. The zero-order valence-corrected chi connectivity index (χ0v) is 9.66. The van der Waals surface area contributed by atoms with Crippen LogP contribution in [0.2, 0.25) is 0 Å². The monoisotopic (exact) mass is 226 g/mol. The van der Waals surface area contributed by atoms with Gasteiger partial charge >= 0.3 is 0 Å². The van der Waals surface area contributed by atoms with E-state index in [1.165, 1.54) is 12.1 Å². The second kappa shape index (κ2) is 7.23. The minimum absolute atomic E-state index is 0.229. The number of hydrogen-bond donors (Lipinski definition) is 1. The summed E-state index contributed by atoms with van der Waals surface area (Å²) in [4.78, 5) is 0. The highest BCUT2D eigenvalue weighted by Gasteiger charge is 2.06. The van der Waals surface area contributed by atoms with Crippen molar-refractivity contribution in [3.63, 3.8) is 0 Å². The molecule has 0 bridgehead atoms. The second-order valence-corrected chi connectivity index (χ2v) is 3.91. The van der Waals surface area contributed by atoms with Gasteiger partial charge in [-0.25, -0.2) is 4.39 Å². The fraction of sp³-hybridized carbons (Fsp3) is 0.538. The molecule has 0 aliphatic rings. The molecule has 90 valence electrons. The Labute approximate surface area is 96.1 Å². The van der Waals surface area contributed by atoms with Gasteiger partial charge in [-0.3, -0.25) is 0 Å². The summed E-state index contributed by atoms with van der Waals surface area (Å²) in [7, 11) is 0. The second-order valence-electron chi connectivity index (χ2n) is 3.91. The highest BCUT2D eigenvalue weighted by molar-refractivity contribution is 5.21. The third-order valence-corrected chi connectivity index (χ3v) is 2.65. The largest absolute Gasteiger partial charge is 0.493 e. The van der Waals surface area contributed by atoms with E-state index in [0.29, 0.717) is 18.3 Å². The van der Waals surface area contributed by atoms with Crippen LogP contribution >= 0.6 is 0 Å². The molecular formula is C13H19FO2. The Morgan fingerprint density at radius 1 is 1.31 bits per heavy atom. The molecule has 1 rings (SSSR count). The highest BCUT2D eigenvalue weighted by atomic mass is 19.1. The molecule has 0 spiro atoms. The van der Waals surface area contributed by atoms with E-state index in [9.17, 15) is 4.39 Å². The SMILES string of the molecule is CCC(CCCO)COc1ccc(F)cc1. The summed E-state index contributed by atoms with van der Waals surface area (Å²) in [5.41, 5.74) is 0. The number of aliphatic hydroxyl groups excluding tert-OH is 1. The van der Waals surface area contributed by atoms with Crippen molar-refractivity contribution >= 4 is 0 Å². The predicted molar refractivity (Wildman–Crippen MR) is 62.0 cm³/mol. The van der Waals surface area contributed by atoms with E-state index < -0.39 is 0 Å². The summed E-state index contributed by atoms with van der Waals surface area (Å²) >= 11 is 0. The molecule has 0 aromatic heterocycles. The molecule has 0 saturated carbocycles. The molecule has 0 saturated heterocycles. The molecule has 0 radical (unpaired) electrons. The Balaban J connectivity index is 2.34. The Kier molecular flexibility index (Phi) is 5.86. The van der Waals surface area contributed by atoms with Gasteiger partial charge in [0.1, 0.15) is 11.6 Å². The van der Waals surface area contributed by atoms with E-state index in [4.69, 9.17) is 9.84 Å². The first kappa shape index (κ1) is 13.0. The van der Waals surface area contributed by atoms with Gasteiger partial charge in [0.2, 0.25) is 0 Å². The third kappa shape index (κ3) is 4.62. The van der Waals surface area contributed by atoms with E-state index >= 15 is 0 Å². The maximum atomic E-state index is 12.6. The normalized spacial score (nSPS) is 12.4. The van der Waals surface area contributed by atoms with Crippen molar-refractivity contribution < 1.29 is 14.2 Å². The molecule has 0 fully saturated rings. The van der Waals surface area contributed by atoms with Crippen molar-refractivity contribution in [3.05, 3.63) is 30.1 Å². The summed E-state index contributed by atoms with van der Waals surface area (Å²) < 4.78 is 18.2. The van der Waals surface area contributed by atoms with Crippen molar-refractivity contribution in [1.82, 2.24) is 0 Å². The Bertz CT molecular complexity index is 284. The van der Waals surface area contributed by atoms with Gasteiger partial charge in [0.25, 0.3) is 0 Å². The molecule has 16 heavy (non-hydrogen) atoms. The van der Waals surface area contributed by atoms with Gasteiger partial charge in [-0.05, 0) is 43.0 Å². The van der Waals surface area contributed by atoms with Gasteiger partial charge in [-0.1, -0.05) is 13.3 Å². The van der Waals surface area contributed by atoms with Crippen molar-refractivity contribution in [2.75, 3.05) is 13.2 Å². The van der Waals surface area contributed by atoms with Crippen molar-refractivity contribution in [2.24, 2.45) is 5.92 Å². The van der Waals surface area contributed by atoms with Gasteiger partial charge in [-0.15, -0.1) is 0 Å². The fourth-order valence-corrected chi connectivity index (χ4v) is 1.53. The number of aliphatic hydroxyl groups is 1. The van der Waals surface area contributed by atoms with E-state index in [1.54, 1.807) is 12.1 Å². The maximum absolute atomic E-state index is 12.6.